The molecule has 0 fully saturated rings. The number of hydrogen-bond acceptors (Lipinski definition) is 5. The number of nitrogens with zero attached hydrogens (tertiary/aromatic N) is 2. The van der Waals surface area contributed by atoms with Crippen LogP contribution in [0.5, 0.6) is 5.75 Å². The Morgan fingerprint density at radius 2 is 2.23 bits per heavy atom. The first-order valence-electron chi connectivity index (χ1n) is 7.61. The maximum atomic E-state index is 5.35. The van der Waals surface area contributed by atoms with Crippen LogP contribution in [-0.2, 0) is 0 Å². The fraction of sp³-hybridized carbons (Fsp3) is 0.353. The molecule has 0 atom stereocenters. The predicted octanol–water partition coefficient (Wildman–Crippen LogP) is 4.80. The number of amidine groups is 1. The van der Waals surface area contributed by atoms with E-state index >= 15 is 0 Å². The minimum Gasteiger partial charge on any atom is -0.497 e. The Kier molecular flexibility index (Phi) is 3.62. The Labute approximate surface area is 138 Å². The van der Waals surface area contributed by atoms with E-state index in [1.807, 2.05) is 29.2 Å². The van der Waals surface area contributed by atoms with Crippen LogP contribution in [0.4, 0.5) is 0 Å². The van der Waals surface area contributed by atoms with Gasteiger partial charge >= 0.3 is 0 Å². The van der Waals surface area contributed by atoms with Crippen molar-refractivity contribution >= 4 is 44.0 Å². The zero-order valence-electron chi connectivity index (χ0n) is 12.8. The smallest absolute Gasteiger partial charge is 0.168 e. The standard InChI is InChI=1S/C17H18N2OS2/c1-3-4-13-16(19-8-7-18-17(19)22-13)15-9-11-5-6-12(20-2)10-14(11)21-15/h5-6,9-10H,3-4,7-8H2,1-2H3. The van der Waals surface area contributed by atoms with E-state index in [-0.39, 0.29) is 0 Å². The molecule has 0 unspecified atom stereocenters. The maximum Gasteiger partial charge on any atom is 0.168 e. The monoisotopic (exact) mass is 330 g/mol. The highest BCUT2D eigenvalue weighted by atomic mass is 32.2. The fourth-order valence-electron chi connectivity index (χ4n) is 2.95. The van der Waals surface area contributed by atoms with Crippen LogP contribution >= 0.6 is 23.1 Å². The quantitative estimate of drug-likeness (QED) is 0.805. The van der Waals surface area contributed by atoms with E-state index in [0.717, 1.165) is 25.3 Å². The summed E-state index contributed by atoms with van der Waals surface area (Å²) < 4.78 is 6.63. The molecule has 5 heteroatoms. The van der Waals surface area contributed by atoms with Crippen molar-refractivity contribution in [2.75, 3.05) is 20.2 Å². The molecular weight excluding hydrogens is 312 g/mol. The molecule has 1 aromatic carbocycles. The first kappa shape index (κ1) is 14.2. The third-order valence-electron chi connectivity index (χ3n) is 3.99. The number of benzene rings is 1. The lowest BCUT2D eigenvalue weighted by Crippen LogP contribution is -2.19. The Morgan fingerprint density at radius 1 is 1.32 bits per heavy atom. The van der Waals surface area contributed by atoms with Gasteiger partial charge in [-0.05, 0) is 36.1 Å². The summed E-state index contributed by atoms with van der Waals surface area (Å²) in [5.74, 6) is 0.924. The molecule has 2 aromatic rings. The SMILES string of the molecule is CCCC1=C(c2cc3ccc(OC)cc3s2)N2CCN=C2S1. The molecule has 0 radical (unpaired) electrons. The molecule has 0 saturated heterocycles. The summed E-state index contributed by atoms with van der Waals surface area (Å²) in [5.41, 5.74) is 1.39. The van der Waals surface area contributed by atoms with Gasteiger partial charge < -0.3 is 9.64 Å². The van der Waals surface area contributed by atoms with Gasteiger partial charge in [0, 0.05) is 16.1 Å². The predicted molar refractivity (Wildman–Crippen MR) is 96.8 cm³/mol. The highest BCUT2D eigenvalue weighted by molar-refractivity contribution is 8.17. The minimum atomic E-state index is 0.921. The molecule has 2 aliphatic heterocycles. The highest BCUT2D eigenvalue weighted by Crippen LogP contribution is 2.46. The second-order valence-electron chi connectivity index (χ2n) is 5.45. The van der Waals surface area contributed by atoms with E-state index < -0.39 is 0 Å². The highest BCUT2D eigenvalue weighted by Gasteiger charge is 2.33. The van der Waals surface area contributed by atoms with Crippen molar-refractivity contribution < 1.29 is 4.74 Å². The Hall–Kier alpha value is -1.46. The molecule has 114 valence electrons. The van der Waals surface area contributed by atoms with Gasteiger partial charge in [-0.25, -0.2) is 0 Å². The van der Waals surface area contributed by atoms with Gasteiger partial charge in [0.25, 0.3) is 0 Å². The molecule has 0 saturated carbocycles. The molecule has 3 heterocycles. The lowest BCUT2D eigenvalue weighted by molar-refractivity contribution is 0.415. The first-order valence-corrected chi connectivity index (χ1v) is 9.24. The average Bonchev–Trinajstić information content (AvgIpc) is 3.19. The van der Waals surface area contributed by atoms with Crippen molar-refractivity contribution in [1.82, 2.24) is 4.90 Å². The van der Waals surface area contributed by atoms with Crippen LogP contribution in [0.25, 0.3) is 15.8 Å². The van der Waals surface area contributed by atoms with Gasteiger partial charge in [-0.15, -0.1) is 11.3 Å². The molecular formula is C17H18N2OS2. The molecule has 0 spiro atoms. The summed E-state index contributed by atoms with van der Waals surface area (Å²) in [6.07, 6.45) is 2.30. The molecule has 22 heavy (non-hydrogen) atoms. The summed E-state index contributed by atoms with van der Waals surface area (Å²) in [4.78, 5) is 9.86. The number of thioether (sulfide) groups is 1. The fourth-order valence-corrected chi connectivity index (χ4v) is 5.48. The number of hydrogen-bond donors (Lipinski definition) is 0. The average molecular weight is 330 g/mol. The number of methoxy groups -OCH3 is 1. The van der Waals surface area contributed by atoms with E-state index in [4.69, 9.17) is 4.74 Å². The summed E-state index contributed by atoms with van der Waals surface area (Å²) in [7, 11) is 1.72. The van der Waals surface area contributed by atoms with E-state index in [2.05, 4.69) is 35.0 Å². The number of thiophene rings is 1. The third kappa shape index (κ3) is 2.23. The minimum absolute atomic E-state index is 0.921. The summed E-state index contributed by atoms with van der Waals surface area (Å²) in [5, 5.41) is 2.48. The molecule has 0 bridgehead atoms. The molecule has 0 amide bonds. The second-order valence-corrected chi connectivity index (χ2v) is 7.60. The van der Waals surface area contributed by atoms with Gasteiger partial charge in [-0.3, -0.25) is 4.99 Å². The summed E-state index contributed by atoms with van der Waals surface area (Å²) >= 11 is 3.72. The van der Waals surface area contributed by atoms with Crippen LogP contribution in [0.3, 0.4) is 0 Å². The zero-order chi connectivity index (χ0) is 15.1. The lowest BCUT2D eigenvalue weighted by Gasteiger charge is -2.15. The second kappa shape index (κ2) is 5.63. The number of allylic oxidation sites excluding steroid dienone is 1. The van der Waals surface area contributed by atoms with Gasteiger partial charge in [0.05, 0.1) is 24.2 Å². The molecule has 1 aromatic heterocycles. The number of aliphatic imine (C=N–C) groups is 1. The lowest BCUT2D eigenvalue weighted by atomic mass is 10.2. The Morgan fingerprint density at radius 3 is 3.05 bits per heavy atom. The molecule has 0 aliphatic carbocycles. The van der Waals surface area contributed by atoms with Gasteiger partial charge in [0.1, 0.15) is 5.75 Å². The molecule has 0 N–H and O–H groups in total. The number of ether oxygens (including phenoxy) is 1. The van der Waals surface area contributed by atoms with Crippen LogP contribution < -0.4 is 4.74 Å². The Balaban J connectivity index is 1.81. The van der Waals surface area contributed by atoms with E-state index in [0.29, 0.717) is 0 Å². The van der Waals surface area contributed by atoms with Gasteiger partial charge in [0.2, 0.25) is 0 Å². The number of rotatable bonds is 4. The van der Waals surface area contributed by atoms with Crippen LogP contribution in [0.15, 0.2) is 34.2 Å². The zero-order valence-corrected chi connectivity index (χ0v) is 14.4. The van der Waals surface area contributed by atoms with E-state index in [1.165, 1.54) is 37.2 Å². The van der Waals surface area contributed by atoms with Crippen molar-refractivity contribution in [2.45, 2.75) is 19.8 Å². The van der Waals surface area contributed by atoms with Crippen molar-refractivity contribution in [3.8, 4) is 5.75 Å². The van der Waals surface area contributed by atoms with Crippen LogP contribution in [0, 0.1) is 0 Å². The molecule has 3 nitrogen and oxygen atoms in total. The molecule has 2 aliphatic rings. The van der Waals surface area contributed by atoms with Crippen LogP contribution in [0.1, 0.15) is 24.6 Å². The normalized spacial score (nSPS) is 17.4. The summed E-state index contributed by atoms with van der Waals surface area (Å²) in [6, 6.07) is 8.62. The van der Waals surface area contributed by atoms with E-state index in [9.17, 15) is 0 Å². The van der Waals surface area contributed by atoms with Gasteiger partial charge in [-0.1, -0.05) is 25.1 Å². The summed E-state index contributed by atoms with van der Waals surface area (Å²) in [6.45, 7) is 4.18. The topological polar surface area (TPSA) is 24.8 Å². The van der Waals surface area contributed by atoms with Crippen LogP contribution in [0.2, 0.25) is 0 Å². The van der Waals surface area contributed by atoms with Crippen molar-refractivity contribution in [3.63, 3.8) is 0 Å². The number of fused-ring (bicyclic) bond motifs is 2. The largest absolute Gasteiger partial charge is 0.497 e. The van der Waals surface area contributed by atoms with Crippen LogP contribution in [-0.4, -0.2) is 30.3 Å². The van der Waals surface area contributed by atoms with Gasteiger partial charge in [-0.2, -0.15) is 0 Å². The van der Waals surface area contributed by atoms with E-state index in [1.54, 1.807) is 7.11 Å². The van der Waals surface area contributed by atoms with Crippen molar-refractivity contribution in [3.05, 3.63) is 34.0 Å². The third-order valence-corrected chi connectivity index (χ3v) is 6.27. The maximum absolute atomic E-state index is 5.35. The first-order chi connectivity index (χ1) is 10.8. The Bertz CT molecular complexity index is 791. The molecule has 4 rings (SSSR count). The van der Waals surface area contributed by atoms with Crippen molar-refractivity contribution in [1.29, 1.82) is 0 Å². The van der Waals surface area contributed by atoms with Crippen molar-refractivity contribution in [2.24, 2.45) is 4.99 Å². The van der Waals surface area contributed by atoms with Gasteiger partial charge in [0.15, 0.2) is 5.17 Å².